The van der Waals surface area contributed by atoms with Crippen molar-refractivity contribution in [3.8, 4) is 0 Å². The van der Waals surface area contributed by atoms with Crippen LogP contribution in [-0.4, -0.2) is 50.3 Å². The number of hydrogen-bond donors (Lipinski definition) is 1. The number of anilines is 1. The van der Waals surface area contributed by atoms with Crippen LogP contribution in [0, 0.1) is 0 Å². The summed E-state index contributed by atoms with van der Waals surface area (Å²) in [6.07, 6.45) is 0.481. The summed E-state index contributed by atoms with van der Waals surface area (Å²) in [7, 11) is -4.21. The summed E-state index contributed by atoms with van der Waals surface area (Å²) in [4.78, 5) is 28.1. The number of sulfonamides is 1. The average Bonchev–Trinajstić information content (AvgIpc) is 2.89. The predicted octanol–water partition coefficient (Wildman–Crippen LogP) is 5.17. The van der Waals surface area contributed by atoms with Crippen molar-refractivity contribution in [2.24, 2.45) is 0 Å². The fourth-order valence-electron chi connectivity index (χ4n) is 3.89. The Labute approximate surface area is 234 Å². The van der Waals surface area contributed by atoms with Crippen LogP contribution >= 0.6 is 23.2 Å². The summed E-state index contributed by atoms with van der Waals surface area (Å²) in [6.45, 7) is 4.92. The lowest BCUT2D eigenvalue weighted by atomic mass is 10.1. The molecular weight excluding hydrogens is 545 g/mol. The lowest BCUT2D eigenvalue weighted by molar-refractivity contribution is -0.139. The van der Waals surface area contributed by atoms with Crippen molar-refractivity contribution in [3.05, 3.63) is 94.5 Å². The number of hydrogen-bond acceptors (Lipinski definition) is 4. The number of carbonyl (C=O) groups excluding carboxylic acids is 2. The van der Waals surface area contributed by atoms with Crippen molar-refractivity contribution in [1.82, 2.24) is 10.2 Å². The number of halogens is 2. The zero-order valence-corrected chi connectivity index (χ0v) is 23.8. The Kier molecular flexibility index (Phi) is 10.2. The summed E-state index contributed by atoms with van der Waals surface area (Å²) < 4.78 is 28.5. The van der Waals surface area contributed by atoms with E-state index in [9.17, 15) is 18.0 Å². The lowest BCUT2D eigenvalue weighted by Crippen LogP contribution is -2.53. The molecule has 1 N–H and O–H groups in total. The number of amides is 2. The third-order valence-electron chi connectivity index (χ3n) is 5.87. The number of rotatable bonds is 11. The molecule has 0 unspecified atom stereocenters. The van der Waals surface area contributed by atoms with E-state index in [2.05, 4.69) is 5.32 Å². The van der Waals surface area contributed by atoms with Crippen molar-refractivity contribution in [2.45, 2.75) is 44.2 Å². The Hall–Kier alpha value is -3.07. The van der Waals surface area contributed by atoms with E-state index in [4.69, 9.17) is 23.2 Å². The van der Waals surface area contributed by atoms with Crippen LogP contribution in [0.3, 0.4) is 0 Å². The number of benzene rings is 3. The van der Waals surface area contributed by atoms with E-state index in [1.165, 1.54) is 35.2 Å². The van der Waals surface area contributed by atoms with Gasteiger partial charge in [0.05, 0.1) is 15.6 Å². The third kappa shape index (κ3) is 7.49. The topological polar surface area (TPSA) is 86.8 Å². The summed E-state index contributed by atoms with van der Waals surface area (Å²) in [5, 5.41) is 3.20. The van der Waals surface area contributed by atoms with Gasteiger partial charge >= 0.3 is 0 Å². The zero-order chi connectivity index (χ0) is 27.9. The second kappa shape index (κ2) is 13.1. The zero-order valence-electron chi connectivity index (χ0n) is 21.5. The van der Waals surface area contributed by atoms with Gasteiger partial charge in [0.15, 0.2) is 0 Å². The van der Waals surface area contributed by atoms with Gasteiger partial charge < -0.3 is 10.2 Å². The van der Waals surface area contributed by atoms with Gasteiger partial charge in [-0.3, -0.25) is 13.9 Å². The Balaban J connectivity index is 2.01. The van der Waals surface area contributed by atoms with Crippen molar-refractivity contribution >= 4 is 50.7 Å². The van der Waals surface area contributed by atoms with Crippen LogP contribution in [0.2, 0.25) is 10.0 Å². The molecule has 0 aliphatic rings. The first-order valence-corrected chi connectivity index (χ1v) is 14.4. The molecule has 1 atom stereocenters. The predicted molar refractivity (Wildman–Crippen MR) is 152 cm³/mol. The minimum Gasteiger partial charge on any atom is -0.352 e. The molecule has 0 radical (unpaired) electrons. The minimum atomic E-state index is -4.21. The smallest absolute Gasteiger partial charge is 0.264 e. The van der Waals surface area contributed by atoms with E-state index < -0.39 is 28.5 Å². The van der Waals surface area contributed by atoms with E-state index in [-0.39, 0.29) is 39.1 Å². The summed E-state index contributed by atoms with van der Waals surface area (Å²) >= 11 is 12.6. The van der Waals surface area contributed by atoms with Crippen LogP contribution in [-0.2, 0) is 26.0 Å². The van der Waals surface area contributed by atoms with Crippen molar-refractivity contribution in [3.63, 3.8) is 0 Å². The van der Waals surface area contributed by atoms with E-state index in [1.54, 1.807) is 25.1 Å². The van der Waals surface area contributed by atoms with Gasteiger partial charge in [0.1, 0.15) is 12.6 Å². The highest BCUT2D eigenvalue weighted by Gasteiger charge is 2.33. The quantitative estimate of drug-likeness (QED) is 0.341. The molecule has 0 saturated heterocycles. The van der Waals surface area contributed by atoms with Gasteiger partial charge in [-0.05, 0) is 63.1 Å². The molecule has 38 heavy (non-hydrogen) atoms. The molecule has 10 heteroatoms. The molecule has 0 bridgehead atoms. The first kappa shape index (κ1) is 29.5. The van der Waals surface area contributed by atoms with Crippen LogP contribution in [0.5, 0.6) is 0 Å². The molecule has 0 saturated carbocycles. The molecule has 3 aromatic rings. The van der Waals surface area contributed by atoms with E-state index in [1.807, 2.05) is 44.2 Å². The standard InChI is InChI=1S/C28H31Cl2N3O4S/c1-20(2)31-28(35)21(3)32(17-16-22-10-6-4-7-11-22)27(34)19-33(26-18-23(29)14-15-25(26)30)38(36,37)24-12-8-5-9-13-24/h4-15,18,20-21H,16-17,19H2,1-3H3,(H,31,35)/t21-/m0/s1. The van der Waals surface area contributed by atoms with Gasteiger partial charge in [-0.2, -0.15) is 0 Å². The first-order chi connectivity index (χ1) is 18.0. The van der Waals surface area contributed by atoms with Crippen LogP contribution < -0.4 is 9.62 Å². The monoisotopic (exact) mass is 575 g/mol. The third-order valence-corrected chi connectivity index (χ3v) is 8.20. The summed E-state index contributed by atoms with van der Waals surface area (Å²) in [6, 6.07) is 20.8. The van der Waals surface area contributed by atoms with Gasteiger partial charge in [0, 0.05) is 17.6 Å². The maximum atomic E-state index is 13.8. The van der Waals surface area contributed by atoms with Crippen molar-refractivity contribution < 1.29 is 18.0 Å². The molecule has 0 spiro atoms. The van der Waals surface area contributed by atoms with Crippen LogP contribution in [0.1, 0.15) is 26.3 Å². The molecule has 0 aliphatic heterocycles. The normalized spacial score (nSPS) is 12.2. The van der Waals surface area contributed by atoms with E-state index >= 15 is 0 Å². The van der Waals surface area contributed by atoms with Crippen LogP contribution in [0.4, 0.5) is 5.69 Å². The number of carbonyl (C=O) groups is 2. The Morgan fingerprint density at radius 2 is 1.50 bits per heavy atom. The summed E-state index contributed by atoms with van der Waals surface area (Å²) in [5.41, 5.74) is 1.05. The Morgan fingerprint density at radius 3 is 2.11 bits per heavy atom. The minimum absolute atomic E-state index is 0.00900. The van der Waals surface area contributed by atoms with Crippen molar-refractivity contribution in [1.29, 1.82) is 0 Å². The molecular formula is C28H31Cl2N3O4S. The second-order valence-corrected chi connectivity index (χ2v) is 11.8. The SMILES string of the molecule is CC(C)NC(=O)[C@H](C)N(CCc1ccccc1)C(=O)CN(c1cc(Cl)ccc1Cl)S(=O)(=O)c1ccccc1. The fourth-order valence-corrected chi connectivity index (χ4v) is 5.77. The molecule has 3 aromatic carbocycles. The molecule has 0 aromatic heterocycles. The Morgan fingerprint density at radius 1 is 0.895 bits per heavy atom. The molecule has 3 rings (SSSR count). The molecule has 0 aliphatic carbocycles. The Bertz CT molecular complexity index is 1350. The molecule has 0 heterocycles. The van der Waals surface area contributed by atoms with Crippen LogP contribution in [0.25, 0.3) is 0 Å². The highest BCUT2D eigenvalue weighted by Crippen LogP contribution is 2.33. The van der Waals surface area contributed by atoms with E-state index in [0.29, 0.717) is 6.42 Å². The maximum Gasteiger partial charge on any atom is 0.264 e. The second-order valence-electron chi connectivity index (χ2n) is 9.08. The van der Waals surface area contributed by atoms with Gasteiger partial charge in [0.2, 0.25) is 11.8 Å². The molecule has 202 valence electrons. The van der Waals surface area contributed by atoms with Gasteiger partial charge in [-0.1, -0.05) is 71.7 Å². The molecule has 7 nitrogen and oxygen atoms in total. The summed E-state index contributed by atoms with van der Waals surface area (Å²) in [5.74, 6) is -0.887. The average molecular weight is 577 g/mol. The largest absolute Gasteiger partial charge is 0.352 e. The molecule has 2 amide bonds. The van der Waals surface area contributed by atoms with Gasteiger partial charge in [-0.25, -0.2) is 8.42 Å². The van der Waals surface area contributed by atoms with E-state index in [0.717, 1.165) is 9.87 Å². The van der Waals surface area contributed by atoms with Crippen LogP contribution in [0.15, 0.2) is 83.8 Å². The van der Waals surface area contributed by atoms with Gasteiger partial charge in [0.25, 0.3) is 10.0 Å². The maximum absolute atomic E-state index is 13.8. The number of nitrogens with zero attached hydrogens (tertiary/aromatic N) is 2. The molecule has 0 fully saturated rings. The highest BCUT2D eigenvalue weighted by atomic mass is 35.5. The van der Waals surface area contributed by atoms with Crippen molar-refractivity contribution in [2.75, 3.05) is 17.4 Å². The first-order valence-electron chi connectivity index (χ1n) is 12.2. The lowest BCUT2D eigenvalue weighted by Gasteiger charge is -2.32. The fraction of sp³-hybridized carbons (Fsp3) is 0.286. The van der Waals surface area contributed by atoms with Gasteiger partial charge in [-0.15, -0.1) is 0 Å². The highest BCUT2D eigenvalue weighted by molar-refractivity contribution is 7.92. The number of nitrogens with one attached hydrogen (secondary N) is 1.